The highest BCUT2D eigenvalue weighted by atomic mass is 32.2. The van der Waals surface area contributed by atoms with Gasteiger partial charge in [-0.05, 0) is 25.0 Å². The van der Waals surface area contributed by atoms with E-state index in [1.807, 2.05) is 12.1 Å². The first-order valence-corrected chi connectivity index (χ1v) is 7.46. The van der Waals surface area contributed by atoms with Crippen LogP contribution in [0.3, 0.4) is 0 Å². The molecule has 0 bridgehead atoms. The van der Waals surface area contributed by atoms with E-state index < -0.39 is 0 Å². The summed E-state index contributed by atoms with van der Waals surface area (Å²) in [7, 11) is 0. The predicted molar refractivity (Wildman–Crippen MR) is 68.0 cm³/mol. The van der Waals surface area contributed by atoms with Crippen LogP contribution in [0.2, 0.25) is 0 Å². The number of rotatable bonds is 6. The van der Waals surface area contributed by atoms with Crippen LogP contribution in [0.15, 0.2) is 26.4 Å². The quantitative estimate of drug-likeness (QED) is 0.815. The molecule has 2 heterocycles. The number of nitrogens with zero attached hydrogens (tertiary/aromatic N) is 2. The highest BCUT2D eigenvalue weighted by Crippen LogP contribution is 2.25. The van der Waals surface area contributed by atoms with Crippen molar-refractivity contribution in [3.63, 3.8) is 0 Å². The Morgan fingerprint density at radius 2 is 2.29 bits per heavy atom. The molecule has 4 nitrogen and oxygen atoms in total. The van der Waals surface area contributed by atoms with Gasteiger partial charge in [0.25, 0.3) is 0 Å². The summed E-state index contributed by atoms with van der Waals surface area (Å²) >= 11 is 3.22. The Balaban J connectivity index is 1.49. The monoisotopic (exact) mass is 267 g/mol. The molecule has 6 heteroatoms. The normalized spacial score (nSPS) is 15.3. The van der Waals surface area contributed by atoms with Crippen LogP contribution in [0.1, 0.15) is 24.4 Å². The summed E-state index contributed by atoms with van der Waals surface area (Å²) in [5.41, 5.74) is 1.75. The zero-order valence-corrected chi connectivity index (χ0v) is 10.9. The molecule has 1 aliphatic rings. The predicted octanol–water partition coefficient (Wildman–Crippen LogP) is 2.68. The summed E-state index contributed by atoms with van der Waals surface area (Å²) in [5, 5.41) is 11.2. The molecule has 90 valence electrons. The summed E-state index contributed by atoms with van der Waals surface area (Å²) in [6, 6.07) is 4.81. The van der Waals surface area contributed by atoms with E-state index in [2.05, 4.69) is 15.5 Å². The number of hydrogen-bond donors (Lipinski definition) is 1. The van der Waals surface area contributed by atoms with Crippen LogP contribution in [-0.2, 0) is 12.3 Å². The number of furan rings is 1. The lowest BCUT2D eigenvalue weighted by atomic mass is 10.4. The van der Waals surface area contributed by atoms with E-state index in [4.69, 9.17) is 4.42 Å². The highest BCUT2D eigenvalue weighted by molar-refractivity contribution is 8.00. The van der Waals surface area contributed by atoms with Gasteiger partial charge < -0.3 is 9.73 Å². The minimum Gasteiger partial charge on any atom is -0.464 e. The Hall–Kier alpha value is -0.850. The second-order valence-electron chi connectivity index (χ2n) is 4.02. The van der Waals surface area contributed by atoms with Gasteiger partial charge in [0.15, 0.2) is 4.34 Å². The maximum atomic E-state index is 5.73. The Kier molecular flexibility index (Phi) is 3.44. The molecule has 0 saturated heterocycles. The van der Waals surface area contributed by atoms with Crippen molar-refractivity contribution in [2.75, 3.05) is 0 Å². The fraction of sp³-hybridized carbons (Fsp3) is 0.455. The van der Waals surface area contributed by atoms with E-state index in [9.17, 15) is 0 Å². The van der Waals surface area contributed by atoms with Crippen LogP contribution >= 0.6 is 23.1 Å². The van der Waals surface area contributed by atoms with Crippen molar-refractivity contribution in [2.24, 2.45) is 0 Å². The fourth-order valence-electron chi connectivity index (χ4n) is 1.49. The smallest absolute Gasteiger partial charge is 0.174 e. The lowest BCUT2D eigenvalue weighted by Gasteiger charge is -1.98. The van der Waals surface area contributed by atoms with Crippen LogP contribution < -0.4 is 5.32 Å². The van der Waals surface area contributed by atoms with Crippen LogP contribution in [-0.4, -0.2) is 16.2 Å². The molecule has 17 heavy (non-hydrogen) atoms. The molecule has 0 atom stereocenters. The second-order valence-corrected chi connectivity index (χ2v) is 6.07. The molecule has 1 N–H and O–H groups in total. The molecular formula is C11H13N3OS2. The van der Waals surface area contributed by atoms with Gasteiger partial charge in [0.2, 0.25) is 0 Å². The molecule has 1 aliphatic carbocycles. The molecule has 0 spiro atoms. The van der Waals surface area contributed by atoms with Gasteiger partial charge in [-0.3, -0.25) is 0 Å². The molecular weight excluding hydrogens is 254 g/mol. The fourth-order valence-corrected chi connectivity index (χ4v) is 2.87. The van der Waals surface area contributed by atoms with Gasteiger partial charge in [0.1, 0.15) is 17.0 Å². The van der Waals surface area contributed by atoms with Gasteiger partial charge in [-0.1, -0.05) is 23.1 Å². The zero-order valence-electron chi connectivity index (χ0n) is 9.26. The maximum Gasteiger partial charge on any atom is 0.174 e. The van der Waals surface area contributed by atoms with Crippen molar-refractivity contribution >= 4 is 23.1 Å². The van der Waals surface area contributed by atoms with E-state index in [1.165, 1.54) is 12.8 Å². The van der Waals surface area contributed by atoms with Crippen molar-refractivity contribution in [3.8, 4) is 0 Å². The Morgan fingerprint density at radius 1 is 1.41 bits per heavy atom. The Morgan fingerprint density at radius 3 is 3.06 bits per heavy atom. The van der Waals surface area contributed by atoms with E-state index in [-0.39, 0.29) is 0 Å². The van der Waals surface area contributed by atoms with E-state index in [0.29, 0.717) is 0 Å². The van der Waals surface area contributed by atoms with E-state index in [1.54, 1.807) is 28.6 Å². The zero-order chi connectivity index (χ0) is 11.5. The molecule has 3 rings (SSSR count). The van der Waals surface area contributed by atoms with Crippen LogP contribution in [0.25, 0.3) is 0 Å². The van der Waals surface area contributed by atoms with Gasteiger partial charge >= 0.3 is 0 Å². The molecule has 0 amide bonds. The van der Waals surface area contributed by atoms with Crippen LogP contribution in [0.4, 0.5) is 0 Å². The first-order chi connectivity index (χ1) is 8.40. The molecule has 0 radical (unpaired) electrons. The van der Waals surface area contributed by atoms with Gasteiger partial charge in [-0.15, -0.1) is 10.2 Å². The molecule has 2 aromatic heterocycles. The van der Waals surface area contributed by atoms with E-state index >= 15 is 0 Å². The lowest BCUT2D eigenvalue weighted by molar-refractivity contribution is 0.458. The van der Waals surface area contributed by atoms with Gasteiger partial charge in [0, 0.05) is 6.04 Å². The number of hydrogen-bond acceptors (Lipinski definition) is 6. The molecule has 2 aromatic rings. The van der Waals surface area contributed by atoms with Gasteiger partial charge in [-0.25, -0.2) is 0 Å². The largest absolute Gasteiger partial charge is 0.464 e. The Labute approximate surface area is 108 Å². The highest BCUT2D eigenvalue weighted by Gasteiger charge is 2.20. The van der Waals surface area contributed by atoms with Crippen LogP contribution in [0, 0.1) is 0 Å². The summed E-state index contributed by atoms with van der Waals surface area (Å²) in [4.78, 5) is 0. The van der Waals surface area contributed by atoms with Crippen molar-refractivity contribution in [2.45, 2.75) is 35.5 Å². The van der Waals surface area contributed by atoms with Crippen LogP contribution in [0.5, 0.6) is 0 Å². The van der Waals surface area contributed by atoms with Crippen molar-refractivity contribution < 1.29 is 4.42 Å². The summed E-state index contributed by atoms with van der Waals surface area (Å²) in [5.74, 6) is 2.83. The second kappa shape index (κ2) is 5.20. The van der Waals surface area contributed by atoms with Crippen molar-refractivity contribution in [1.82, 2.24) is 15.5 Å². The van der Waals surface area contributed by atoms with Gasteiger partial charge in [-0.2, -0.15) is 0 Å². The minimum atomic E-state index is 0.722. The average molecular weight is 267 g/mol. The number of nitrogens with one attached hydrogen (secondary N) is 1. The van der Waals surface area contributed by atoms with E-state index in [0.717, 1.165) is 34.2 Å². The third-order valence-corrected chi connectivity index (χ3v) is 4.42. The first kappa shape index (κ1) is 11.3. The third kappa shape index (κ3) is 3.31. The molecule has 1 fully saturated rings. The molecule has 0 aliphatic heterocycles. The average Bonchev–Trinajstić information content (AvgIpc) is 2.86. The molecule has 1 saturated carbocycles. The third-order valence-electron chi connectivity index (χ3n) is 2.54. The molecule has 0 aromatic carbocycles. The summed E-state index contributed by atoms with van der Waals surface area (Å²) < 4.78 is 6.72. The summed E-state index contributed by atoms with van der Waals surface area (Å²) in [6.07, 6.45) is 2.61. The first-order valence-electron chi connectivity index (χ1n) is 5.60. The topological polar surface area (TPSA) is 51.0 Å². The minimum absolute atomic E-state index is 0.722. The van der Waals surface area contributed by atoms with Gasteiger partial charge in [0.05, 0.1) is 12.3 Å². The number of aromatic nitrogens is 2. The summed E-state index contributed by atoms with van der Waals surface area (Å²) in [6.45, 7) is 0.841. The SMILES string of the molecule is c1nnc(SCc2ccc(CNC3CC3)o2)s1. The van der Waals surface area contributed by atoms with Crippen molar-refractivity contribution in [3.05, 3.63) is 29.2 Å². The lowest BCUT2D eigenvalue weighted by Crippen LogP contribution is -2.14. The molecule has 0 unspecified atom stereocenters. The number of thioether (sulfide) groups is 1. The van der Waals surface area contributed by atoms with Crippen molar-refractivity contribution in [1.29, 1.82) is 0 Å². The standard InChI is InChI=1S/C11H13N3OS2/c1-2-8(1)12-5-9-3-4-10(15-9)6-16-11-14-13-7-17-11/h3-4,7-8,12H,1-2,5-6H2. The Bertz CT molecular complexity index is 465. The maximum absolute atomic E-state index is 5.73.